The van der Waals surface area contributed by atoms with E-state index < -0.39 is 0 Å². The molecule has 1 aromatic rings. The monoisotopic (exact) mass is 320 g/mol. The number of rotatable bonds is 5. The molecule has 1 aliphatic rings. The van der Waals surface area contributed by atoms with Gasteiger partial charge in [-0.25, -0.2) is 0 Å². The van der Waals surface area contributed by atoms with Gasteiger partial charge in [-0.3, -0.25) is 4.79 Å². The van der Waals surface area contributed by atoms with Crippen LogP contribution in [0.3, 0.4) is 0 Å². The van der Waals surface area contributed by atoms with Crippen LogP contribution in [0.25, 0.3) is 0 Å². The van der Waals surface area contributed by atoms with Crippen LogP contribution in [0.5, 0.6) is 0 Å². The van der Waals surface area contributed by atoms with E-state index in [-0.39, 0.29) is 21.9 Å². The zero-order chi connectivity index (χ0) is 16.3. The molecule has 4 heteroatoms. The Labute approximate surface area is 138 Å². The maximum Gasteiger partial charge on any atom is 0.236 e. The number of amides is 1. The van der Waals surface area contributed by atoms with Crippen LogP contribution in [0.15, 0.2) is 24.3 Å². The highest BCUT2D eigenvalue weighted by Gasteiger charge is 2.38. The second-order valence-electron chi connectivity index (χ2n) is 6.89. The molecule has 2 rings (SSSR count). The van der Waals surface area contributed by atoms with E-state index in [1.807, 2.05) is 11.8 Å². The second kappa shape index (κ2) is 7.05. The van der Waals surface area contributed by atoms with E-state index in [1.165, 1.54) is 11.1 Å². The molecule has 1 amide bonds. The number of benzene rings is 1. The van der Waals surface area contributed by atoms with E-state index in [2.05, 4.69) is 57.3 Å². The molecule has 1 aromatic carbocycles. The lowest BCUT2D eigenvalue weighted by Gasteiger charge is -2.25. The Morgan fingerprint density at radius 1 is 1.23 bits per heavy atom. The minimum absolute atomic E-state index is 0.0499. The van der Waals surface area contributed by atoms with E-state index in [1.54, 1.807) is 11.8 Å². The fourth-order valence-corrected chi connectivity index (χ4v) is 3.99. The minimum atomic E-state index is 0.0499. The van der Waals surface area contributed by atoms with Crippen molar-refractivity contribution in [3.63, 3.8) is 0 Å². The van der Waals surface area contributed by atoms with Gasteiger partial charge < -0.3 is 10.2 Å². The molecular weight excluding hydrogens is 292 g/mol. The third-order valence-corrected chi connectivity index (χ3v) is 5.48. The Morgan fingerprint density at radius 3 is 2.41 bits per heavy atom. The summed E-state index contributed by atoms with van der Waals surface area (Å²) in [5.74, 6) is 0.257. The summed E-state index contributed by atoms with van der Waals surface area (Å²) >= 11 is 1.75. The van der Waals surface area contributed by atoms with Crippen LogP contribution < -0.4 is 5.32 Å². The average Bonchev–Trinajstić information content (AvgIpc) is 2.75. The van der Waals surface area contributed by atoms with Crippen molar-refractivity contribution >= 4 is 17.7 Å². The molecule has 0 aliphatic carbocycles. The van der Waals surface area contributed by atoms with Crippen LogP contribution in [0.2, 0.25) is 0 Å². The fourth-order valence-electron chi connectivity index (χ4n) is 2.68. The second-order valence-corrected chi connectivity index (χ2v) is 8.31. The SMILES string of the molecule is CCNCCN1C(=O)C(C)SC1c1ccc(C(C)(C)C)cc1. The average molecular weight is 321 g/mol. The molecule has 0 bridgehead atoms. The van der Waals surface area contributed by atoms with Crippen LogP contribution in [-0.4, -0.2) is 35.7 Å². The van der Waals surface area contributed by atoms with Gasteiger partial charge in [-0.15, -0.1) is 11.8 Å². The quantitative estimate of drug-likeness (QED) is 0.842. The Kier molecular flexibility index (Phi) is 5.56. The number of carbonyl (C=O) groups excluding carboxylic acids is 1. The first-order valence-corrected chi connectivity index (χ1v) is 9.06. The van der Waals surface area contributed by atoms with Gasteiger partial charge in [0, 0.05) is 13.1 Å². The predicted molar refractivity (Wildman–Crippen MR) is 95.2 cm³/mol. The zero-order valence-corrected chi connectivity index (χ0v) is 15.2. The summed E-state index contributed by atoms with van der Waals surface area (Å²) in [5.41, 5.74) is 2.72. The molecule has 22 heavy (non-hydrogen) atoms. The van der Waals surface area contributed by atoms with Crippen molar-refractivity contribution in [2.75, 3.05) is 19.6 Å². The van der Waals surface area contributed by atoms with Crippen LogP contribution in [0.1, 0.15) is 51.1 Å². The maximum absolute atomic E-state index is 12.4. The van der Waals surface area contributed by atoms with E-state index in [0.717, 1.165) is 19.6 Å². The lowest BCUT2D eigenvalue weighted by molar-refractivity contribution is -0.129. The molecule has 0 aromatic heterocycles. The first-order chi connectivity index (χ1) is 10.3. The first kappa shape index (κ1) is 17.4. The summed E-state index contributed by atoms with van der Waals surface area (Å²) in [6, 6.07) is 8.77. The Morgan fingerprint density at radius 2 is 1.86 bits per heavy atom. The summed E-state index contributed by atoms with van der Waals surface area (Å²) in [7, 11) is 0. The molecule has 1 fully saturated rings. The van der Waals surface area contributed by atoms with Gasteiger partial charge >= 0.3 is 0 Å². The van der Waals surface area contributed by atoms with Crippen molar-refractivity contribution < 1.29 is 4.79 Å². The highest BCUT2D eigenvalue weighted by molar-refractivity contribution is 8.01. The lowest BCUT2D eigenvalue weighted by atomic mass is 9.86. The highest BCUT2D eigenvalue weighted by atomic mass is 32.2. The van der Waals surface area contributed by atoms with Crippen molar-refractivity contribution in [2.45, 2.75) is 50.7 Å². The zero-order valence-electron chi connectivity index (χ0n) is 14.3. The Hall–Kier alpha value is -1.00. The number of likely N-dealkylation sites (N-methyl/N-ethyl adjacent to an activating group) is 1. The fraction of sp³-hybridized carbons (Fsp3) is 0.611. The minimum Gasteiger partial charge on any atom is -0.324 e. The van der Waals surface area contributed by atoms with Crippen molar-refractivity contribution in [3.05, 3.63) is 35.4 Å². The number of nitrogens with one attached hydrogen (secondary N) is 1. The number of nitrogens with zero attached hydrogens (tertiary/aromatic N) is 1. The predicted octanol–water partition coefficient (Wildman–Crippen LogP) is 3.56. The van der Waals surface area contributed by atoms with Gasteiger partial charge in [0.05, 0.1) is 5.25 Å². The standard InChI is InChI=1S/C18H28N2OS/c1-6-19-11-12-20-16(21)13(2)22-17(20)14-7-9-15(10-8-14)18(3,4)5/h7-10,13,17,19H,6,11-12H2,1-5H3. The molecule has 3 nitrogen and oxygen atoms in total. The summed E-state index contributed by atoms with van der Waals surface area (Å²) < 4.78 is 0. The van der Waals surface area contributed by atoms with Crippen LogP contribution >= 0.6 is 11.8 Å². The molecule has 0 radical (unpaired) electrons. The molecule has 0 spiro atoms. The van der Waals surface area contributed by atoms with Crippen molar-refractivity contribution in [1.29, 1.82) is 0 Å². The molecule has 1 saturated heterocycles. The highest BCUT2D eigenvalue weighted by Crippen LogP contribution is 2.42. The third-order valence-electron chi connectivity index (χ3n) is 4.09. The molecule has 1 aliphatic heterocycles. The largest absolute Gasteiger partial charge is 0.324 e. The molecule has 1 heterocycles. The summed E-state index contributed by atoms with van der Waals surface area (Å²) in [6.45, 7) is 13.3. The molecule has 2 unspecified atom stereocenters. The van der Waals surface area contributed by atoms with Gasteiger partial charge in [-0.05, 0) is 30.0 Å². The first-order valence-electron chi connectivity index (χ1n) is 8.11. The number of hydrogen-bond acceptors (Lipinski definition) is 3. The topological polar surface area (TPSA) is 32.3 Å². The van der Waals surface area contributed by atoms with Gasteiger partial charge in [0.2, 0.25) is 5.91 Å². The van der Waals surface area contributed by atoms with E-state index in [4.69, 9.17) is 0 Å². The lowest BCUT2D eigenvalue weighted by Crippen LogP contribution is -2.36. The summed E-state index contributed by atoms with van der Waals surface area (Å²) in [4.78, 5) is 14.4. The number of hydrogen-bond donors (Lipinski definition) is 1. The third kappa shape index (κ3) is 3.85. The van der Waals surface area contributed by atoms with Crippen LogP contribution in [0.4, 0.5) is 0 Å². The smallest absolute Gasteiger partial charge is 0.236 e. The van der Waals surface area contributed by atoms with Gasteiger partial charge in [0.15, 0.2) is 0 Å². The van der Waals surface area contributed by atoms with Gasteiger partial charge in [-0.2, -0.15) is 0 Å². The van der Waals surface area contributed by atoms with E-state index in [0.29, 0.717) is 0 Å². The molecule has 1 N–H and O–H groups in total. The van der Waals surface area contributed by atoms with E-state index >= 15 is 0 Å². The number of thioether (sulfide) groups is 1. The molecule has 2 atom stereocenters. The van der Waals surface area contributed by atoms with Crippen LogP contribution in [0, 0.1) is 0 Å². The number of carbonyl (C=O) groups is 1. The molecular formula is C18H28N2OS. The Bertz CT molecular complexity index is 507. The van der Waals surface area contributed by atoms with Crippen molar-refractivity contribution in [3.8, 4) is 0 Å². The van der Waals surface area contributed by atoms with Gasteiger partial charge in [-0.1, -0.05) is 52.0 Å². The van der Waals surface area contributed by atoms with Crippen molar-refractivity contribution in [1.82, 2.24) is 10.2 Å². The van der Waals surface area contributed by atoms with Crippen LogP contribution in [-0.2, 0) is 10.2 Å². The Balaban J connectivity index is 2.16. The maximum atomic E-state index is 12.4. The normalized spacial score (nSPS) is 22.4. The summed E-state index contributed by atoms with van der Waals surface area (Å²) in [5, 5.41) is 3.51. The molecule has 0 saturated carbocycles. The summed E-state index contributed by atoms with van der Waals surface area (Å²) in [6.07, 6.45) is 0. The van der Waals surface area contributed by atoms with E-state index in [9.17, 15) is 4.79 Å². The molecule has 122 valence electrons. The van der Waals surface area contributed by atoms with Crippen molar-refractivity contribution in [2.24, 2.45) is 0 Å². The van der Waals surface area contributed by atoms with Gasteiger partial charge in [0.25, 0.3) is 0 Å². The van der Waals surface area contributed by atoms with Gasteiger partial charge in [0.1, 0.15) is 5.37 Å².